The van der Waals surface area contributed by atoms with Gasteiger partial charge in [0.25, 0.3) is 0 Å². The van der Waals surface area contributed by atoms with Gasteiger partial charge in [-0.1, -0.05) is 42.5 Å². The maximum Gasteiger partial charge on any atom is 0.241 e. The summed E-state index contributed by atoms with van der Waals surface area (Å²) >= 11 is 2.19. The number of nitrogens with one attached hydrogen (secondary N) is 1. The molecule has 19 heavy (non-hydrogen) atoms. The molecule has 0 fully saturated rings. The van der Waals surface area contributed by atoms with Gasteiger partial charge in [0.1, 0.15) is 0 Å². The molecule has 98 valence electrons. The maximum atomic E-state index is 12.0. The van der Waals surface area contributed by atoms with Gasteiger partial charge in [-0.15, -0.1) is 0 Å². The number of rotatable bonds is 4. The monoisotopic (exact) mass is 366 g/mol. The van der Waals surface area contributed by atoms with Gasteiger partial charge in [0, 0.05) is 3.57 Å². The standard InChI is InChI=1S/C15H15IN2O/c16-12-8-4-5-9-14(12)18-15(19)13(17)10-11-6-2-1-3-7-11/h1-9,13H,10,17H2,(H,18,19)/t13-/m1/s1. The molecule has 0 heterocycles. The van der Waals surface area contributed by atoms with E-state index in [0.717, 1.165) is 14.8 Å². The number of anilines is 1. The van der Waals surface area contributed by atoms with E-state index in [9.17, 15) is 4.79 Å². The fourth-order valence-corrected chi connectivity index (χ4v) is 2.27. The molecular weight excluding hydrogens is 351 g/mol. The molecule has 3 nitrogen and oxygen atoms in total. The summed E-state index contributed by atoms with van der Waals surface area (Å²) in [6.07, 6.45) is 0.538. The summed E-state index contributed by atoms with van der Waals surface area (Å²) in [5.74, 6) is -0.159. The topological polar surface area (TPSA) is 55.1 Å². The number of carbonyl (C=O) groups excluding carboxylic acids is 1. The van der Waals surface area contributed by atoms with Crippen molar-refractivity contribution in [3.05, 3.63) is 63.7 Å². The van der Waals surface area contributed by atoms with E-state index in [0.29, 0.717) is 6.42 Å². The normalized spacial score (nSPS) is 11.9. The first-order valence-electron chi connectivity index (χ1n) is 6.01. The van der Waals surface area contributed by atoms with Gasteiger partial charge in [0.2, 0.25) is 5.91 Å². The summed E-state index contributed by atoms with van der Waals surface area (Å²) in [7, 11) is 0. The van der Waals surface area contributed by atoms with E-state index in [1.165, 1.54) is 0 Å². The molecule has 0 saturated heterocycles. The van der Waals surface area contributed by atoms with Crippen LogP contribution >= 0.6 is 22.6 Å². The first-order valence-corrected chi connectivity index (χ1v) is 7.09. The van der Waals surface area contributed by atoms with Crippen molar-refractivity contribution in [2.24, 2.45) is 5.73 Å². The summed E-state index contributed by atoms with van der Waals surface area (Å²) in [4.78, 5) is 12.0. The van der Waals surface area contributed by atoms with Gasteiger partial charge in [-0.05, 0) is 46.7 Å². The minimum Gasteiger partial charge on any atom is -0.324 e. The predicted molar refractivity (Wildman–Crippen MR) is 85.9 cm³/mol. The molecule has 1 amide bonds. The molecule has 2 aromatic rings. The van der Waals surface area contributed by atoms with Gasteiger partial charge in [-0.3, -0.25) is 4.79 Å². The number of hydrogen-bond acceptors (Lipinski definition) is 2. The number of amides is 1. The van der Waals surface area contributed by atoms with Gasteiger partial charge >= 0.3 is 0 Å². The van der Waals surface area contributed by atoms with Crippen molar-refractivity contribution >= 4 is 34.2 Å². The van der Waals surface area contributed by atoms with Crippen molar-refractivity contribution in [2.45, 2.75) is 12.5 Å². The summed E-state index contributed by atoms with van der Waals surface area (Å²) in [5, 5.41) is 2.86. The Kier molecular flexibility index (Phi) is 4.93. The molecule has 0 aliphatic carbocycles. The third kappa shape index (κ3) is 4.04. The molecule has 2 aromatic carbocycles. The van der Waals surface area contributed by atoms with E-state index in [-0.39, 0.29) is 5.91 Å². The lowest BCUT2D eigenvalue weighted by atomic mass is 10.1. The first-order chi connectivity index (χ1) is 9.16. The van der Waals surface area contributed by atoms with Gasteiger partial charge in [-0.25, -0.2) is 0 Å². The van der Waals surface area contributed by atoms with E-state index >= 15 is 0 Å². The van der Waals surface area contributed by atoms with Crippen LogP contribution in [0.2, 0.25) is 0 Å². The minimum atomic E-state index is -0.543. The van der Waals surface area contributed by atoms with Crippen molar-refractivity contribution in [1.29, 1.82) is 0 Å². The first kappa shape index (κ1) is 14.0. The summed E-state index contributed by atoms with van der Waals surface area (Å²) < 4.78 is 1.00. The predicted octanol–water partition coefficient (Wildman–Crippen LogP) is 2.80. The highest BCUT2D eigenvalue weighted by Crippen LogP contribution is 2.17. The molecule has 0 unspecified atom stereocenters. The van der Waals surface area contributed by atoms with Crippen LogP contribution in [0.3, 0.4) is 0 Å². The fourth-order valence-electron chi connectivity index (χ4n) is 1.75. The van der Waals surface area contributed by atoms with Crippen molar-refractivity contribution in [3.63, 3.8) is 0 Å². The number of nitrogens with two attached hydrogens (primary N) is 1. The Morgan fingerprint density at radius 3 is 2.42 bits per heavy atom. The van der Waals surface area contributed by atoms with Crippen LogP contribution in [-0.2, 0) is 11.2 Å². The Morgan fingerprint density at radius 1 is 1.11 bits per heavy atom. The highest BCUT2D eigenvalue weighted by atomic mass is 127. The number of halogens is 1. The van der Waals surface area contributed by atoms with Crippen molar-refractivity contribution in [1.82, 2.24) is 0 Å². The second-order valence-electron chi connectivity index (χ2n) is 4.27. The highest BCUT2D eigenvalue weighted by molar-refractivity contribution is 14.1. The van der Waals surface area contributed by atoms with Crippen LogP contribution in [0.25, 0.3) is 0 Å². The lowest BCUT2D eigenvalue weighted by molar-refractivity contribution is -0.117. The summed E-state index contributed by atoms with van der Waals surface area (Å²) in [6, 6.07) is 16.9. The van der Waals surface area contributed by atoms with E-state index in [1.54, 1.807) is 0 Å². The number of hydrogen-bond donors (Lipinski definition) is 2. The molecule has 0 aliphatic rings. The molecule has 0 bridgehead atoms. The lowest BCUT2D eigenvalue weighted by Gasteiger charge is -2.13. The largest absolute Gasteiger partial charge is 0.324 e. The van der Waals surface area contributed by atoms with Crippen LogP contribution in [0.15, 0.2) is 54.6 Å². The Balaban J connectivity index is 1.99. The van der Waals surface area contributed by atoms with E-state index in [4.69, 9.17) is 5.73 Å². The van der Waals surface area contributed by atoms with Crippen LogP contribution in [0, 0.1) is 3.57 Å². The van der Waals surface area contributed by atoms with Crippen molar-refractivity contribution < 1.29 is 4.79 Å². The van der Waals surface area contributed by atoms with E-state index in [2.05, 4.69) is 27.9 Å². The van der Waals surface area contributed by atoms with Gasteiger partial charge < -0.3 is 11.1 Å². The van der Waals surface area contributed by atoms with Crippen molar-refractivity contribution in [2.75, 3.05) is 5.32 Å². The van der Waals surface area contributed by atoms with Gasteiger partial charge in [0.05, 0.1) is 11.7 Å². The third-order valence-electron chi connectivity index (χ3n) is 2.77. The third-order valence-corrected chi connectivity index (χ3v) is 3.71. The average molecular weight is 366 g/mol. The molecule has 0 aromatic heterocycles. The van der Waals surface area contributed by atoms with Crippen LogP contribution < -0.4 is 11.1 Å². The average Bonchev–Trinajstić information content (AvgIpc) is 2.42. The Morgan fingerprint density at radius 2 is 1.74 bits per heavy atom. The zero-order valence-electron chi connectivity index (χ0n) is 10.3. The Labute approximate surface area is 126 Å². The molecule has 0 saturated carbocycles. The van der Waals surface area contributed by atoms with Crippen LogP contribution in [-0.4, -0.2) is 11.9 Å². The molecule has 1 atom stereocenters. The number of benzene rings is 2. The van der Waals surface area contributed by atoms with Gasteiger partial charge in [-0.2, -0.15) is 0 Å². The fraction of sp³-hybridized carbons (Fsp3) is 0.133. The Hall–Kier alpha value is -1.40. The molecule has 0 spiro atoms. The summed E-state index contributed by atoms with van der Waals surface area (Å²) in [5.41, 5.74) is 7.80. The molecule has 0 radical (unpaired) electrons. The van der Waals surface area contributed by atoms with E-state index < -0.39 is 6.04 Å². The zero-order valence-corrected chi connectivity index (χ0v) is 12.5. The van der Waals surface area contributed by atoms with Gasteiger partial charge in [0.15, 0.2) is 0 Å². The minimum absolute atomic E-state index is 0.159. The maximum absolute atomic E-state index is 12.0. The van der Waals surface area contributed by atoms with Crippen molar-refractivity contribution in [3.8, 4) is 0 Å². The molecule has 2 rings (SSSR count). The molecule has 4 heteroatoms. The summed E-state index contributed by atoms with van der Waals surface area (Å²) in [6.45, 7) is 0. The highest BCUT2D eigenvalue weighted by Gasteiger charge is 2.14. The smallest absolute Gasteiger partial charge is 0.241 e. The van der Waals surface area contributed by atoms with Crippen LogP contribution in [0.4, 0.5) is 5.69 Å². The van der Waals surface area contributed by atoms with E-state index in [1.807, 2.05) is 54.6 Å². The molecule has 0 aliphatic heterocycles. The molecule has 3 N–H and O–H groups in total. The second kappa shape index (κ2) is 6.68. The second-order valence-corrected chi connectivity index (χ2v) is 5.43. The Bertz CT molecular complexity index is 557. The van der Waals surface area contributed by atoms with Crippen LogP contribution in [0.5, 0.6) is 0 Å². The zero-order chi connectivity index (χ0) is 13.7. The lowest BCUT2D eigenvalue weighted by Crippen LogP contribution is -2.37. The van der Waals surface area contributed by atoms with Crippen LogP contribution in [0.1, 0.15) is 5.56 Å². The molecular formula is C15H15IN2O. The quantitative estimate of drug-likeness (QED) is 0.818. The SMILES string of the molecule is N[C@H](Cc1ccccc1)C(=O)Nc1ccccc1I. The number of para-hydroxylation sites is 1. The number of carbonyl (C=O) groups is 1.